The highest BCUT2D eigenvalue weighted by Crippen LogP contribution is 2.34. The molecule has 0 radical (unpaired) electrons. The molecule has 0 aliphatic heterocycles. The first-order valence-corrected chi connectivity index (χ1v) is 8.17. The van der Waals surface area contributed by atoms with Crippen LogP contribution in [0.1, 0.15) is 22.3 Å². The van der Waals surface area contributed by atoms with Crippen LogP contribution in [0.3, 0.4) is 0 Å². The van der Waals surface area contributed by atoms with Crippen LogP contribution in [0, 0.1) is 0 Å². The lowest BCUT2D eigenvalue weighted by Gasteiger charge is -1.98. The molecular weight excluding hydrogens is 299 g/mol. The molecule has 108 valence electrons. The van der Waals surface area contributed by atoms with Crippen molar-refractivity contribution in [3.8, 4) is 10.6 Å². The Kier molecular flexibility index (Phi) is 4.82. The number of alkyl halides is 1. The first kappa shape index (κ1) is 15.1. The monoisotopic (exact) mass is 314 g/mol. The van der Waals surface area contributed by atoms with Gasteiger partial charge in [-0.3, -0.25) is 9.07 Å². The van der Waals surface area contributed by atoms with Gasteiger partial charge >= 0.3 is 5.97 Å². The summed E-state index contributed by atoms with van der Waals surface area (Å²) in [7, 11) is 1.74. The average molecular weight is 314 g/mol. The van der Waals surface area contributed by atoms with Gasteiger partial charge in [0.2, 0.25) is 0 Å². The minimum absolute atomic E-state index is 0.235. The van der Waals surface area contributed by atoms with Crippen LogP contribution in [-0.2, 0) is 13.5 Å². The molecule has 0 spiro atoms. The average Bonchev–Trinajstić information content (AvgIpc) is 2.99. The summed E-state index contributed by atoms with van der Waals surface area (Å²) in [5, 5.41) is 16.3. The molecule has 0 unspecified atom stereocenters. The molecule has 0 fully saturated rings. The second kappa shape index (κ2) is 6.41. The summed E-state index contributed by atoms with van der Waals surface area (Å²) < 4.78 is 13.8. The van der Waals surface area contributed by atoms with Crippen LogP contribution in [0.5, 0.6) is 0 Å². The number of carbonyl (C=O) groups is 1. The quantitative estimate of drug-likeness (QED) is 0.830. The minimum atomic E-state index is -0.976. The third-order valence-electron chi connectivity index (χ3n) is 2.89. The molecular formula is C13H15FN2O2S2. The van der Waals surface area contributed by atoms with E-state index in [9.17, 15) is 14.3 Å². The maximum atomic E-state index is 12.2. The largest absolute Gasteiger partial charge is 0.478 e. The molecule has 0 atom stereocenters. The van der Waals surface area contributed by atoms with Crippen molar-refractivity contribution in [1.82, 2.24) is 9.78 Å². The number of rotatable bonds is 6. The number of aryl methyl sites for hydroxylation is 2. The second-order valence-electron chi connectivity index (χ2n) is 4.27. The van der Waals surface area contributed by atoms with E-state index < -0.39 is 5.97 Å². The van der Waals surface area contributed by atoms with Crippen molar-refractivity contribution in [3.63, 3.8) is 0 Å². The lowest BCUT2D eigenvalue weighted by molar-refractivity contribution is 0.0693. The number of hydrogen-bond acceptors (Lipinski definition) is 4. The zero-order valence-electron chi connectivity index (χ0n) is 11.2. The van der Waals surface area contributed by atoms with Gasteiger partial charge in [-0.1, -0.05) is 0 Å². The zero-order valence-corrected chi connectivity index (χ0v) is 12.9. The number of thiophene rings is 1. The number of thioether (sulfide) groups is 1. The van der Waals surface area contributed by atoms with Crippen molar-refractivity contribution in [2.45, 2.75) is 17.9 Å². The molecule has 0 amide bonds. The van der Waals surface area contributed by atoms with Crippen molar-refractivity contribution >= 4 is 29.1 Å². The van der Waals surface area contributed by atoms with Gasteiger partial charge in [0.25, 0.3) is 0 Å². The highest BCUT2D eigenvalue weighted by Gasteiger charge is 2.23. The zero-order chi connectivity index (χ0) is 14.7. The van der Waals surface area contributed by atoms with Gasteiger partial charge in [0.15, 0.2) is 0 Å². The maximum Gasteiger partial charge on any atom is 0.340 e. The fraction of sp³-hybridized carbons (Fsp3) is 0.385. The van der Waals surface area contributed by atoms with Crippen LogP contribution >= 0.6 is 23.1 Å². The standard InChI is InChI=1S/C13H15FN2O2S2/c1-16-12(19-2)10(13(17)18)11(15-16)9-6-8(7-20-9)4-3-5-14/h6-7H,3-5H2,1-2H3,(H,17,18). The van der Waals surface area contributed by atoms with Crippen molar-refractivity contribution < 1.29 is 14.3 Å². The van der Waals surface area contributed by atoms with E-state index in [1.807, 2.05) is 17.7 Å². The van der Waals surface area contributed by atoms with Crippen LogP contribution in [0.15, 0.2) is 16.5 Å². The minimum Gasteiger partial charge on any atom is -0.478 e. The Balaban J connectivity index is 2.42. The van der Waals surface area contributed by atoms with Crippen LogP contribution < -0.4 is 0 Å². The van der Waals surface area contributed by atoms with Crippen molar-refractivity contribution in [2.75, 3.05) is 12.9 Å². The third kappa shape index (κ3) is 2.88. The lowest BCUT2D eigenvalue weighted by Crippen LogP contribution is -1.99. The van der Waals surface area contributed by atoms with Gasteiger partial charge in [-0.15, -0.1) is 23.1 Å². The molecule has 2 heterocycles. The van der Waals surface area contributed by atoms with E-state index in [-0.39, 0.29) is 12.2 Å². The Morgan fingerprint density at radius 2 is 2.35 bits per heavy atom. The molecule has 0 bridgehead atoms. The SMILES string of the molecule is CSc1c(C(=O)O)c(-c2cc(CCCF)cs2)nn1C. The van der Waals surface area contributed by atoms with Crippen LogP contribution in [-0.4, -0.2) is 33.8 Å². The topological polar surface area (TPSA) is 55.1 Å². The molecule has 0 saturated carbocycles. The van der Waals surface area contributed by atoms with E-state index in [2.05, 4.69) is 5.10 Å². The van der Waals surface area contributed by atoms with E-state index in [0.29, 0.717) is 23.6 Å². The summed E-state index contributed by atoms with van der Waals surface area (Å²) in [6.45, 7) is -0.342. The predicted molar refractivity (Wildman–Crippen MR) is 79.6 cm³/mol. The molecule has 7 heteroatoms. The number of nitrogens with zero attached hydrogens (tertiary/aromatic N) is 2. The smallest absolute Gasteiger partial charge is 0.340 e. The normalized spacial score (nSPS) is 10.9. The molecule has 20 heavy (non-hydrogen) atoms. The molecule has 2 aromatic rings. The van der Waals surface area contributed by atoms with Crippen molar-refractivity contribution in [3.05, 3.63) is 22.6 Å². The van der Waals surface area contributed by atoms with Gasteiger partial charge < -0.3 is 5.11 Å². The molecule has 4 nitrogen and oxygen atoms in total. The fourth-order valence-electron chi connectivity index (χ4n) is 2.01. The van der Waals surface area contributed by atoms with Gasteiger partial charge in [-0.05, 0) is 36.1 Å². The summed E-state index contributed by atoms with van der Waals surface area (Å²) in [6, 6.07) is 1.90. The van der Waals surface area contributed by atoms with Crippen molar-refractivity contribution in [1.29, 1.82) is 0 Å². The first-order valence-electron chi connectivity index (χ1n) is 6.06. The van der Waals surface area contributed by atoms with Crippen LogP contribution in [0.4, 0.5) is 4.39 Å². The van der Waals surface area contributed by atoms with Crippen LogP contribution in [0.25, 0.3) is 10.6 Å². The van der Waals surface area contributed by atoms with Gasteiger partial charge in [0.1, 0.15) is 16.3 Å². The highest BCUT2D eigenvalue weighted by molar-refractivity contribution is 7.98. The van der Waals surface area contributed by atoms with E-state index >= 15 is 0 Å². The number of carboxylic acid groups (broad SMARTS) is 1. The first-order chi connectivity index (χ1) is 9.58. The Morgan fingerprint density at radius 1 is 1.60 bits per heavy atom. The number of aromatic nitrogens is 2. The highest BCUT2D eigenvalue weighted by atomic mass is 32.2. The Labute approximate surface area is 124 Å². The van der Waals surface area contributed by atoms with E-state index in [4.69, 9.17) is 0 Å². The third-order valence-corrected chi connectivity index (χ3v) is 4.73. The number of hydrogen-bond donors (Lipinski definition) is 1. The summed E-state index contributed by atoms with van der Waals surface area (Å²) in [6.07, 6.45) is 2.98. The molecule has 0 saturated heterocycles. The van der Waals surface area contributed by atoms with E-state index in [0.717, 1.165) is 10.4 Å². The predicted octanol–water partition coefficient (Wildman–Crippen LogP) is 3.47. The van der Waals surface area contributed by atoms with Gasteiger partial charge in [0.05, 0.1) is 11.6 Å². The van der Waals surface area contributed by atoms with E-state index in [1.54, 1.807) is 11.7 Å². The lowest BCUT2D eigenvalue weighted by atomic mass is 10.1. The Hall–Kier alpha value is -1.34. The summed E-state index contributed by atoms with van der Waals surface area (Å²) in [4.78, 5) is 12.3. The maximum absolute atomic E-state index is 12.2. The number of halogens is 1. The fourth-order valence-corrected chi connectivity index (χ4v) is 3.64. The second-order valence-corrected chi connectivity index (χ2v) is 5.98. The van der Waals surface area contributed by atoms with Crippen LogP contribution in [0.2, 0.25) is 0 Å². The number of carboxylic acids is 1. The molecule has 0 aliphatic rings. The van der Waals surface area contributed by atoms with Gasteiger partial charge in [-0.2, -0.15) is 5.10 Å². The summed E-state index contributed by atoms with van der Waals surface area (Å²) in [5.74, 6) is -0.976. The molecule has 2 rings (SSSR count). The summed E-state index contributed by atoms with van der Waals surface area (Å²) in [5.41, 5.74) is 1.75. The summed E-state index contributed by atoms with van der Waals surface area (Å²) >= 11 is 2.81. The molecule has 0 aromatic carbocycles. The Morgan fingerprint density at radius 3 is 2.95 bits per heavy atom. The van der Waals surface area contributed by atoms with Gasteiger partial charge in [-0.25, -0.2) is 4.79 Å². The molecule has 0 aliphatic carbocycles. The Bertz CT molecular complexity index is 622. The van der Waals surface area contributed by atoms with E-state index in [1.165, 1.54) is 23.1 Å². The molecule has 2 aromatic heterocycles. The van der Waals surface area contributed by atoms with Gasteiger partial charge in [0, 0.05) is 7.05 Å². The number of aromatic carboxylic acids is 1. The molecule has 1 N–H and O–H groups in total. The van der Waals surface area contributed by atoms with Crippen molar-refractivity contribution in [2.24, 2.45) is 7.05 Å².